The van der Waals surface area contributed by atoms with Crippen LogP contribution < -0.4 is 0 Å². The van der Waals surface area contributed by atoms with Crippen molar-refractivity contribution in [3.8, 4) is 0 Å². The van der Waals surface area contributed by atoms with Crippen molar-refractivity contribution in [2.45, 2.75) is 0 Å². The molecule has 0 bridgehead atoms. The van der Waals surface area contributed by atoms with Gasteiger partial charge in [-0.3, -0.25) is 0 Å². The molecular formula is C8H3Cl3O4. The second-order valence-corrected chi connectivity index (χ2v) is 3.16. The Labute approximate surface area is 100.0 Å². The third-order valence-electron chi connectivity index (χ3n) is 1.56. The summed E-state index contributed by atoms with van der Waals surface area (Å²) in [6.45, 7) is 0. The van der Waals surface area contributed by atoms with E-state index in [-0.39, 0.29) is 16.1 Å². The molecule has 0 aliphatic heterocycles. The molecule has 0 fully saturated rings. The fourth-order valence-electron chi connectivity index (χ4n) is 0.946. The maximum absolute atomic E-state index is 11.1. The van der Waals surface area contributed by atoms with Crippen molar-refractivity contribution < 1.29 is 18.2 Å². The van der Waals surface area contributed by atoms with Crippen LogP contribution in [-0.4, -0.2) is 11.9 Å². The van der Waals surface area contributed by atoms with Gasteiger partial charge in [0.25, 0.3) is 0 Å². The van der Waals surface area contributed by atoms with Crippen molar-refractivity contribution >= 4 is 47.3 Å². The third kappa shape index (κ3) is 2.75. The smallest absolute Gasteiger partial charge is 0.343 e. The number of halogens is 3. The van der Waals surface area contributed by atoms with Gasteiger partial charge in [0.1, 0.15) is 23.7 Å². The molecule has 4 nitrogen and oxygen atoms in total. The summed E-state index contributed by atoms with van der Waals surface area (Å²) < 4.78 is 7.90. The molecule has 1 aromatic rings. The molecule has 0 saturated carbocycles. The second kappa shape index (κ2) is 5.21. The summed E-state index contributed by atoms with van der Waals surface area (Å²) in [7, 11) is 0. The largest absolute Gasteiger partial charge is 0.357 e. The quantitative estimate of drug-likeness (QED) is 0.828. The van der Waals surface area contributed by atoms with E-state index in [0.29, 0.717) is 0 Å². The molecule has 0 unspecified atom stereocenters. The summed E-state index contributed by atoms with van der Waals surface area (Å²) >= 11 is 15.4. The van der Waals surface area contributed by atoms with Crippen molar-refractivity contribution in [1.82, 2.24) is 0 Å². The molecule has 0 aliphatic rings. The van der Waals surface area contributed by atoms with Crippen molar-refractivity contribution in [2.24, 2.45) is 0 Å². The molecule has 0 aliphatic carbocycles. The van der Waals surface area contributed by atoms with E-state index in [0.717, 1.165) is 0 Å². The van der Waals surface area contributed by atoms with Crippen LogP contribution >= 0.6 is 35.3 Å². The predicted octanol–water partition coefficient (Wildman–Crippen LogP) is 2.96. The summed E-state index contributed by atoms with van der Waals surface area (Å²) in [5.41, 5.74) is -0.205. The molecule has 7 heteroatoms. The van der Waals surface area contributed by atoms with Gasteiger partial charge in [0.15, 0.2) is 0 Å². The van der Waals surface area contributed by atoms with Gasteiger partial charge in [0.2, 0.25) is 0 Å². The molecule has 0 amide bonds. The lowest BCUT2D eigenvalue weighted by Crippen LogP contribution is -2.09. The van der Waals surface area contributed by atoms with Gasteiger partial charge in [0, 0.05) is 5.02 Å². The maximum Gasteiger partial charge on any atom is 0.357 e. The first-order valence-electron chi connectivity index (χ1n) is 3.55. The van der Waals surface area contributed by atoms with Gasteiger partial charge in [-0.15, -0.1) is 0 Å². The summed E-state index contributed by atoms with van der Waals surface area (Å²) in [5, 5.41) is 0.248. The van der Waals surface area contributed by atoms with Gasteiger partial charge < -0.3 is 8.58 Å². The fraction of sp³-hybridized carbons (Fsp3) is 0. The minimum atomic E-state index is -0.920. The lowest BCUT2D eigenvalue weighted by Gasteiger charge is -2.03. The summed E-state index contributed by atoms with van der Waals surface area (Å²) in [6, 6.07) is 3.89. The number of carbonyl (C=O) groups is 2. The number of rotatable bonds is 2. The Morgan fingerprint density at radius 3 is 2.07 bits per heavy atom. The number of hydrogen-bond acceptors (Lipinski definition) is 4. The van der Waals surface area contributed by atoms with Crippen LogP contribution in [0.15, 0.2) is 18.2 Å². The molecule has 1 rings (SSSR count). The maximum atomic E-state index is 11.1. The Hall–Kier alpha value is -0.970. The molecule has 0 atom stereocenters. The van der Waals surface area contributed by atoms with Crippen LogP contribution in [0.2, 0.25) is 5.02 Å². The van der Waals surface area contributed by atoms with E-state index in [1.807, 2.05) is 0 Å². The van der Waals surface area contributed by atoms with E-state index in [4.69, 9.17) is 35.3 Å². The van der Waals surface area contributed by atoms with E-state index >= 15 is 0 Å². The van der Waals surface area contributed by atoms with Gasteiger partial charge in [-0.05, 0) is 18.2 Å². The van der Waals surface area contributed by atoms with Crippen LogP contribution in [0.25, 0.3) is 0 Å². The molecule has 0 N–H and O–H groups in total. The van der Waals surface area contributed by atoms with Crippen LogP contribution in [0, 0.1) is 0 Å². The highest BCUT2D eigenvalue weighted by molar-refractivity contribution is 6.31. The SMILES string of the molecule is O=C(OCl)c1ccc(Cl)cc1C(=O)OCl. The van der Waals surface area contributed by atoms with Gasteiger partial charge in [0.05, 0.1) is 11.1 Å². The van der Waals surface area contributed by atoms with Crippen LogP contribution in [0.4, 0.5) is 0 Å². The first-order chi connectivity index (χ1) is 7.10. The summed E-state index contributed by atoms with van der Waals surface area (Å²) in [5.74, 6) is -1.82. The minimum Gasteiger partial charge on any atom is -0.343 e. The normalized spacial score (nSPS) is 9.53. The second-order valence-electron chi connectivity index (χ2n) is 2.42. The first-order valence-corrected chi connectivity index (χ1v) is 4.55. The monoisotopic (exact) mass is 268 g/mol. The summed E-state index contributed by atoms with van der Waals surface area (Å²) in [6.07, 6.45) is 0. The van der Waals surface area contributed by atoms with E-state index < -0.39 is 11.9 Å². The van der Waals surface area contributed by atoms with Crippen LogP contribution in [0.3, 0.4) is 0 Å². The highest BCUT2D eigenvalue weighted by atomic mass is 35.5. The molecular weight excluding hydrogens is 266 g/mol. The van der Waals surface area contributed by atoms with Crippen LogP contribution in [-0.2, 0) is 8.58 Å². The zero-order valence-corrected chi connectivity index (χ0v) is 9.27. The standard InChI is InChI=1S/C8H3Cl3O4/c9-4-1-2-5(7(12)14-10)6(3-4)8(13)15-11/h1-3H. The Bertz CT molecular complexity index is 405. The Kier molecular flexibility index (Phi) is 4.20. The van der Waals surface area contributed by atoms with Crippen molar-refractivity contribution in [3.63, 3.8) is 0 Å². The van der Waals surface area contributed by atoms with Gasteiger partial charge in [-0.2, -0.15) is 0 Å². The lowest BCUT2D eigenvalue weighted by atomic mass is 10.1. The van der Waals surface area contributed by atoms with E-state index in [1.54, 1.807) is 0 Å². The fourth-order valence-corrected chi connectivity index (χ4v) is 1.28. The molecule has 1 aromatic carbocycles. The third-order valence-corrected chi connectivity index (χ3v) is 2.08. The molecule has 80 valence electrons. The van der Waals surface area contributed by atoms with Gasteiger partial charge in [-0.25, -0.2) is 9.59 Å². The predicted molar refractivity (Wildman–Crippen MR) is 54.0 cm³/mol. The number of carbonyl (C=O) groups excluding carboxylic acids is 2. The average Bonchev–Trinajstić information content (AvgIpc) is 2.26. The van der Waals surface area contributed by atoms with Crippen molar-refractivity contribution in [1.29, 1.82) is 0 Å². The zero-order valence-electron chi connectivity index (χ0n) is 7.00. The minimum absolute atomic E-state index is 0.0833. The van der Waals surface area contributed by atoms with E-state index in [2.05, 4.69) is 8.58 Å². The topological polar surface area (TPSA) is 52.6 Å². The molecule has 0 saturated heterocycles. The molecule has 15 heavy (non-hydrogen) atoms. The van der Waals surface area contributed by atoms with E-state index in [1.165, 1.54) is 18.2 Å². The summed E-state index contributed by atoms with van der Waals surface area (Å²) in [4.78, 5) is 22.3. The highest BCUT2D eigenvalue weighted by Crippen LogP contribution is 2.19. The Balaban J connectivity index is 3.26. The number of hydrogen-bond donors (Lipinski definition) is 0. The molecule has 0 spiro atoms. The van der Waals surface area contributed by atoms with Crippen molar-refractivity contribution in [3.05, 3.63) is 34.3 Å². The van der Waals surface area contributed by atoms with Crippen molar-refractivity contribution in [2.75, 3.05) is 0 Å². The number of benzene rings is 1. The molecule has 0 radical (unpaired) electrons. The molecule has 0 aromatic heterocycles. The molecule has 0 heterocycles. The van der Waals surface area contributed by atoms with Gasteiger partial charge in [-0.1, -0.05) is 11.6 Å². The highest BCUT2D eigenvalue weighted by Gasteiger charge is 2.19. The van der Waals surface area contributed by atoms with E-state index in [9.17, 15) is 9.59 Å². The lowest BCUT2D eigenvalue weighted by molar-refractivity contribution is 0.0709. The zero-order chi connectivity index (χ0) is 11.4. The van der Waals surface area contributed by atoms with Crippen LogP contribution in [0.1, 0.15) is 20.7 Å². The Morgan fingerprint density at radius 1 is 1.00 bits per heavy atom. The Morgan fingerprint density at radius 2 is 1.53 bits per heavy atom. The average molecular weight is 269 g/mol. The van der Waals surface area contributed by atoms with Gasteiger partial charge >= 0.3 is 11.9 Å². The van der Waals surface area contributed by atoms with Crippen LogP contribution in [0.5, 0.6) is 0 Å². The first kappa shape index (κ1) is 12.1.